The van der Waals surface area contributed by atoms with Crippen LogP contribution < -0.4 is 0 Å². The molecule has 5 heteroatoms. The number of piperidine rings is 1. The summed E-state index contributed by atoms with van der Waals surface area (Å²) in [6.07, 6.45) is 7.37. The third kappa shape index (κ3) is 3.00. The van der Waals surface area contributed by atoms with Crippen molar-refractivity contribution >= 4 is 18.0 Å². The standard InChI is InChI=1S/C21H30N4O/c1-14-6-7-15(14)12-24-19(23-5)25-9-8-17-20(2,3)18(26)16(11-22)10-21(17,4)13-25/h10,12,14-15,17H,6-9,13H2,1-5H3/t14?,15?,17-,21+/m0/s1. The molecule has 1 saturated carbocycles. The van der Waals surface area contributed by atoms with Crippen LogP contribution in [-0.2, 0) is 4.79 Å². The number of fused-ring (bicyclic) bond motifs is 1. The number of allylic oxidation sites excluding steroid dienone is 1. The number of Topliss-reactive ketones (excluding diaryl/α,β-unsaturated/α-hetero) is 1. The molecule has 26 heavy (non-hydrogen) atoms. The Morgan fingerprint density at radius 3 is 2.62 bits per heavy atom. The van der Waals surface area contributed by atoms with Crippen molar-refractivity contribution in [3.63, 3.8) is 0 Å². The second-order valence-corrected chi connectivity index (χ2v) is 9.01. The van der Waals surface area contributed by atoms with Gasteiger partial charge in [0.2, 0.25) is 5.96 Å². The molecule has 0 aromatic carbocycles. The van der Waals surface area contributed by atoms with Crippen molar-refractivity contribution in [2.45, 2.75) is 47.0 Å². The molecule has 0 amide bonds. The molecule has 0 aromatic heterocycles. The maximum absolute atomic E-state index is 12.6. The minimum absolute atomic E-state index is 0.0164. The van der Waals surface area contributed by atoms with Gasteiger partial charge in [0, 0.05) is 37.2 Å². The number of nitriles is 1. The molecular weight excluding hydrogens is 324 g/mol. The van der Waals surface area contributed by atoms with Gasteiger partial charge in [-0.25, -0.2) is 4.99 Å². The molecule has 2 unspecified atom stereocenters. The molecule has 3 rings (SSSR count). The van der Waals surface area contributed by atoms with Crippen LogP contribution in [0.1, 0.15) is 47.0 Å². The predicted octanol–water partition coefficient (Wildman–Crippen LogP) is 3.48. The molecule has 1 aliphatic heterocycles. The highest BCUT2D eigenvalue weighted by atomic mass is 16.1. The van der Waals surface area contributed by atoms with Gasteiger partial charge < -0.3 is 4.90 Å². The van der Waals surface area contributed by atoms with Crippen LogP contribution in [0.4, 0.5) is 0 Å². The summed E-state index contributed by atoms with van der Waals surface area (Å²) in [5.41, 5.74) is -0.428. The molecule has 0 N–H and O–H groups in total. The number of hydrogen-bond acceptors (Lipinski definition) is 3. The van der Waals surface area contributed by atoms with E-state index in [0.29, 0.717) is 17.4 Å². The smallest absolute Gasteiger partial charge is 0.220 e. The van der Waals surface area contributed by atoms with Crippen molar-refractivity contribution < 1.29 is 4.79 Å². The Morgan fingerprint density at radius 2 is 2.08 bits per heavy atom. The lowest BCUT2D eigenvalue weighted by atomic mass is 9.55. The van der Waals surface area contributed by atoms with Crippen LogP contribution in [0, 0.1) is 39.9 Å². The van der Waals surface area contributed by atoms with Gasteiger partial charge in [0.1, 0.15) is 6.07 Å². The van der Waals surface area contributed by atoms with Crippen LogP contribution in [0.15, 0.2) is 21.6 Å². The Kier molecular flexibility index (Phi) is 4.81. The minimum Gasteiger partial charge on any atom is -0.340 e. The zero-order chi connectivity index (χ0) is 19.1. The first kappa shape index (κ1) is 18.8. The Labute approximate surface area is 156 Å². The molecule has 0 spiro atoms. The Morgan fingerprint density at radius 1 is 1.35 bits per heavy atom. The van der Waals surface area contributed by atoms with Gasteiger partial charge in [-0.15, -0.1) is 0 Å². The summed E-state index contributed by atoms with van der Waals surface area (Å²) in [4.78, 5) is 24.0. The first-order valence-electron chi connectivity index (χ1n) is 9.66. The topological polar surface area (TPSA) is 68.8 Å². The average molecular weight is 354 g/mol. The fourth-order valence-electron chi connectivity index (χ4n) is 5.06. The molecule has 4 atom stereocenters. The number of rotatable bonds is 1. The normalized spacial score (nSPS) is 37.0. The van der Waals surface area contributed by atoms with E-state index in [1.807, 2.05) is 19.9 Å². The van der Waals surface area contributed by atoms with Crippen molar-refractivity contribution in [3.05, 3.63) is 11.6 Å². The number of aliphatic imine (C=N–C) groups is 2. The van der Waals surface area contributed by atoms with Gasteiger partial charge in [0.05, 0.1) is 5.57 Å². The molecular formula is C21H30N4O. The summed E-state index contributed by atoms with van der Waals surface area (Å²) >= 11 is 0. The summed E-state index contributed by atoms with van der Waals surface area (Å²) in [5.74, 6) is 2.26. The monoisotopic (exact) mass is 354 g/mol. The quantitative estimate of drug-likeness (QED) is 0.535. The number of hydrogen-bond donors (Lipinski definition) is 0. The van der Waals surface area contributed by atoms with E-state index < -0.39 is 5.41 Å². The van der Waals surface area contributed by atoms with Crippen molar-refractivity contribution in [3.8, 4) is 6.07 Å². The van der Waals surface area contributed by atoms with E-state index in [1.54, 1.807) is 7.05 Å². The number of likely N-dealkylation sites (tertiary alicyclic amines) is 1. The molecule has 140 valence electrons. The minimum atomic E-state index is -0.505. The summed E-state index contributed by atoms with van der Waals surface area (Å²) in [6, 6.07) is 2.12. The maximum Gasteiger partial charge on any atom is 0.220 e. The maximum atomic E-state index is 12.6. The van der Waals surface area contributed by atoms with Crippen molar-refractivity contribution in [2.75, 3.05) is 20.1 Å². The van der Waals surface area contributed by atoms with E-state index >= 15 is 0 Å². The Hall–Kier alpha value is -1.96. The van der Waals surface area contributed by atoms with Crippen molar-refractivity contribution in [1.29, 1.82) is 5.26 Å². The molecule has 2 aliphatic carbocycles. The molecule has 1 heterocycles. The number of ketones is 1. The van der Waals surface area contributed by atoms with E-state index in [9.17, 15) is 10.1 Å². The van der Waals surface area contributed by atoms with E-state index in [1.165, 1.54) is 12.8 Å². The Balaban J connectivity index is 1.84. The van der Waals surface area contributed by atoms with Crippen LogP contribution in [0.2, 0.25) is 0 Å². The lowest BCUT2D eigenvalue weighted by molar-refractivity contribution is -0.131. The van der Waals surface area contributed by atoms with E-state index in [-0.39, 0.29) is 17.1 Å². The van der Waals surface area contributed by atoms with Gasteiger partial charge >= 0.3 is 0 Å². The molecule has 0 aromatic rings. The number of carbonyl (C=O) groups excluding carboxylic acids is 1. The van der Waals surface area contributed by atoms with Crippen molar-refractivity contribution in [2.24, 2.45) is 38.6 Å². The van der Waals surface area contributed by atoms with Gasteiger partial charge in [-0.05, 0) is 37.0 Å². The fraction of sp³-hybridized carbons (Fsp3) is 0.714. The highest BCUT2D eigenvalue weighted by Gasteiger charge is 2.53. The lowest BCUT2D eigenvalue weighted by Crippen LogP contribution is -2.56. The highest BCUT2D eigenvalue weighted by molar-refractivity contribution is 6.04. The van der Waals surface area contributed by atoms with Crippen LogP contribution >= 0.6 is 0 Å². The van der Waals surface area contributed by atoms with Gasteiger partial charge in [0.15, 0.2) is 5.78 Å². The van der Waals surface area contributed by atoms with E-state index in [4.69, 9.17) is 4.99 Å². The van der Waals surface area contributed by atoms with Crippen LogP contribution in [0.3, 0.4) is 0 Å². The summed E-state index contributed by atoms with van der Waals surface area (Å²) in [5, 5.41) is 9.42. The SMILES string of the molecule is CN=C(N=CC1CCC1C)N1CC[C@H]2C(C)(C)C(=O)C(C#N)=C[C@]2(C)C1. The zero-order valence-corrected chi connectivity index (χ0v) is 16.6. The molecule has 3 aliphatic rings. The van der Waals surface area contributed by atoms with Crippen LogP contribution in [0.5, 0.6) is 0 Å². The summed E-state index contributed by atoms with van der Waals surface area (Å²) < 4.78 is 0. The van der Waals surface area contributed by atoms with Crippen LogP contribution in [0.25, 0.3) is 0 Å². The van der Waals surface area contributed by atoms with E-state index in [2.05, 4.69) is 36.0 Å². The molecule has 5 nitrogen and oxygen atoms in total. The second-order valence-electron chi connectivity index (χ2n) is 9.01. The number of carbonyl (C=O) groups is 1. The second kappa shape index (κ2) is 6.64. The Bertz CT molecular complexity index is 727. The third-order valence-electron chi connectivity index (χ3n) is 6.86. The van der Waals surface area contributed by atoms with Gasteiger partial charge in [0.25, 0.3) is 0 Å². The first-order valence-corrected chi connectivity index (χ1v) is 9.66. The number of guanidine groups is 1. The van der Waals surface area contributed by atoms with E-state index in [0.717, 1.165) is 25.5 Å². The molecule has 2 fully saturated rings. The molecule has 1 saturated heterocycles. The average Bonchev–Trinajstić information content (AvgIpc) is 2.60. The van der Waals surface area contributed by atoms with Gasteiger partial charge in [-0.2, -0.15) is 5.26 Å². The third-order valence-corrected chi connectivity index (χ3v) is 6.86. The first-order chi connectivity index (χ1) is 12.2. The molecule has 0 bridgehead atoms. The highest BCUT2D eigenvalue weighted by Crippen LogP contribution is 2.52. The van der Waals surface area contributed by atoms with Crippen molar-refractivity contribution in [1.82, 2.24) is 4.90 Å². The summed E-state index contributed by atoms with van der Waals surface area (Å²) in [6.45, 7) is 10.00. The van der Waals surface area contributed by atoms with Gasteiger partial charge in [-0.1, -0.05) is 33.8 Å². The largest absolute Gasteiger partial charge is 0.340 e. The predicted molar refractivity (Wildman–Crippen MR) is 104 cm³/mol. The van der Waals surface area contributed by atoms with Crippen LogP contribution in [-0.4, -0.2) is 43.0 Å². The fourth-order valence-corrected chi connectivity index (χ4v) is 5.06. The summed E-state index contributed by atoms with van der Waals surface area (Å²) in [7, 11) is 1.79. The number of nitrogens with zero attached hydrogens (tertiary/aromatic N) is 4. The lowest BCUT2D eigenvalue weighted by Gasteiger charge is -2.53. The molecule has 0 radical (unpaired) electrons. The zero-order valence-electron chi connectivity index (χ0n) is 16.6. The van der Waals surface area contributed by atoms with Gasteiger partial charge in [-0.3, -0.25) is 9.79 Å².